The monoisotopic (exact) mass is 218 g/mol. The summed E-state index contributed by atoms with van der Waals surface area (Å²) in [7, 11) is 2.01. The van der Waals surface area contributed by atoms with Gasteiger partial charge >= 0.3 is 0 Å². The summed E-state index contributed by atoms with van der Waals surface area (Å²) in [5, 5.41) is 0. The highest BCUT2D eigenvalue weighted by atomic mass is 15.1. The molecule has 0 atom stereocenters. The molecule has 16 heavy (non-hydrogen) atoms. The minimum absolute atomic E-state index is 0.340. The van der Waals surface area contributed by atoms with E-state index in [1.54, 1.807) is 12.4 Å². The predicted molar refractivity (Wildman–Crippen MR) is 65.0 cm³/mol. The first-order valence-electron chi connectivity index (χ1n) is 5.68. The first-order chi connectivity index (χ1) is 7.62. The second-order valence-electron chi connectivity index (χ2n) is 4.22. The third kappa shape index (κ3) is 1.50. The van der Waals surface area contributed by atoms with E-state index in [1.807, 2.05) is 13.1 Å². The van der Waals surface area contributed by atoms with Gasteiger partial charge < -0.3 is 10.3 Å². The van der Waals surface area contributed by atoms with E-state index in [0.717, 1.165) is 29.7 Å². The molecule has 2 heterocycles. The van der Waals surface area contributed by atoms with Crippen LogP contribution in [0.2, 0.25) is 0 Å². The van der Waals surface area contributed by atoms with Gasteiger partial charge in [0, 0.05) is 13.2 Å². The van der Waals surface area contributed by atoms with Crippen molar-refractivity contribution < 1.29 is 0 Å². The quantitative estimate of drug-likeness (QED) is 0.856. The van der Waals surface area contributed by atoms with Crippen LogP contribution in [0, 0.1) is 0 Å². The number of nitrogens with two attached hydrogens (primary N) is 1. The first-order valence-corrected chi connectivity index (χ1v) is 5.68. The molecule has 0 saturated heterocycles. The molecule has 0 aliphatic rings. The highest BCUT2D eigenvalue weighted by Crippen LogP contribution is 2.27. The fraction of sp³-hybridized carbons (Fsp3) is 0.500. The van der Waals surface area contributed by atoms with E-state index in [2.05, 4.69) is 28.4 Å². The zero-order chi connectivity index (χ0) is 11.8. The van der Waals surface area contributed by atoms with Gasteiger partial charge in [-0.15, -0.1) is 0 Å². The summed E-state index contributed by atoms with van der Waals surface area (Å²) in [6, 6.07) is 1.97. The van der Waals surface area contributed by atoms with Crippen molar-refractivity contribution in [1.82, 2.24) is 14.5 Å². The van der Waals surface area contributed by atoms with E-state index in [0.29, 0.717) is 0 Å². The van der Waals surface area contributed by atoms with Crippen LogP contribution in [-0.4, -0.2) is 14.5 Å². The molecule has 0 bridgehead atoms. The van der Waals surface area contributed by atoms with E-state index in [4.69, 9.17) is 5.73 Å². The van der Waals surface area contributed by atoms with Crippen LogP contribution >= 0.6 is 0 Å². The topological polar surface area (TPSA) is 56.7 Å². The molecule has 2 rings (SSSR count). The van der Waals surface area contributed by atoms with Crippen LogP contribution in [0.3, 0.4) is 0 Å². The number of rotatable bonds is 3. The van der Waals surface area contributed by atoms with Crippen molar-refractivity contribution in [1.29, 1.82) is 0 Å². The van der Waals surface area contributed by atoms with Crippen LogP contribution in [0.1, 0.15) is 32.5 Å². The molecule has 2 aromatic heterocycles. The smallest absolute Gasteiger partial charge is 0.129 e. The molecule has 0 aliphatic carbocycles. The van der Waals surface area contributed by atoms with Crippen molar-refractivity contribution in [2.24, 2.45) is 12.8 Å². The molecule has 2 N–H and O–H groups in total. The second kappa shape index (κ2) is 3.87. The van der Waals surface area contributed by atoms with Gasteiger partial charge in [-0.1, -0.05) is 13.8 Å². The second-order valence-corrected chi connectivity index (χ2v) is 4.22. The van der Waals surface area contributed by atoms with Gasteiger partial charge in [0.25, 0.3) is 0 Å². The Bertz CT molecular complexity index is 497. The fourth-order valence-electron chi connectivity index (χ4n) is 2.06. The maximum atomic E-state index is 6.38. The highest BCUT2D eigenvalue weighted by Gasteiger charge is 2.28. The number of fused-ring (bicyclic) bond motifs is 1. The van der Waals surface area contributed by atoms with Crippen molar-refractivity contribution in [2.75, 3.05) is 0 Å². The molecule has 0 aromatic carbocycles. The summed E-state index contributed by atoms with van der Waals surface area (Å²) in [4.78, 5) is 8.69. The molecular weight excluding hydrogens is 200 g/mol. The minimum Gasteiger partial charge on any atom is -0.329 e. The Morgan fingerprint density at radius 1 is 1.38 bits per heavy atom. The van der Waals surface area contributed by atoms with Crippen molar-refractivity contribution in [3.8, 4) is 0 Å². The van der Waals surface area contributed by atoms with Crippen molar-refractivity contribution in [3.63, 3.8) is 0 Å². The van der Waals surface area contributed by atoms with Gasteiger partial charge in [0.15, 0.2) is 0 Å². The largest absolute Gasteiger partial charge is 0.329 e. The molecule has 0 fully saturated rings. The lowest BCUT2D eigenvalue weighted by Crippen LogP contribution is -2.37. The summed E-state index contributed by atoms with van der Waals surface area (Å²) < 4.78 is 2.07. The maximum absolute atomic E-state index is 6.38. The predicted octanol–water partition coefficient (Wildman–Crippen LogP) is 1.94. The van der Waals surface area contributed by atoms with Crippen LogP contribution in [0.5, 0.6) is 0 Å². The van der Waals surface area contributed by atoms with Crippen molar-refractivity contribution in [2.45, 2.75) is 32.2 Å². The number of hydrogen-bond acceptors (Lipinski definition) is 3. The van der Waals surface area contributed by atoms with Crippen molar-refractivity contribution >= 4 is 11.0 Å². The minimum atomic E-state index is -0.340. The van der Waals surface area contributed by atoms with E-state index >= 15 is 0 Å². The Kier molecular flexibility index (Phi) is 2.68. The third-order valence-corrected chi connectivity index (χ3v) is 3.39. The van der Waals surface area contributed by atoms with Crippen LogP contribution in [-0.2, 0) is 12.6 Å². The zero-order valence-electron chi connectivity index (χ0n) is 10.1. The van der Waals surface area contributed by atoms with Crippen LogP contribution in [0.4, 0.5) is 0 Å². The number of imidazole rings is 1. The average molecular weight is 218 g/mol. The average Bonchev–Trinajstić information content (AvgIpc) is 2.67. The molecule has 0 unspecified atom stereocenters. The summed E-state index contributed by atoms with van der Waals surface area (Å²) >= 11 is 0. The number of nitrogens with zero attached hydrogens (tertiary/aromatic N) is 3. The normalized spacial score (nSPS) is 12.2. The summed E-state index contributed by atoms with van der Waals surface area (Å²) in [6.45, 7) is 4.20. The number of aryl methyl sites for hydroxylation is 1. The van der Waals surface area contributed by atoms with Gasteiger partial charge in [-0.25, -0.2) is 4.98 Å². The lowest BCUT2D eigenvalue weighted by Gasteiger charge is -2.25. The fourth-order valence-corrected chi connectivity index (χ4v) is 2.06. The number of aromatic nitrogens is 3. The van der Waals surface area contributed by atoms with Crippen molar-refractivity contribution in [3.05, 3.63) is 24.3 Å². The van der Waals surface area contributed by atoms with Crippen LogP contribution in [0.15, 0.2) is 18.5 Å². The Labute approximate surface area is 95.5 Å². The lowest BCUT2D eigenvalue weighted by atomic mass is 9.93. The summed E-state index contributed by atoms with van der Waals surface area (Å²) in [6.07, 6.45) is 5.33. The standard InChI is InChI=1S/C12H18N4/c1-4-12(13,5-2)11-15-9-8-14-7-6-10(9)16(11)3/h6-8H,4-5,13H2,1-3H3. The van der Waals surface area contributed by atoms with E-state index < -0.39 is 0 Å². The first kappa shape index (κ1) is 11.1. The molecule has 2 aromatic rings. The molecule has 4 nitrogen and oxygen atoms in total. The maximum Gasteiger partial charge on any atom is 0.129 e. The van der Waals surface area contributed by atoms with E-state index in [1.165, 1.54) is 0 Å². The molecule has 0 spiro atoms. The Morgan fingerprint density at radius 3 is 2.62 bits per heavy atom. The van der Waals surface area contributed by atoms with Gasteiger partial charge in [-0.3, -0.25) is 4.98 Å². The van der Waals surface area contributed by atoms with Crippen LogP contribution < -0.4 is 5.73 Å². The van der Waals surface area contributed by atoms with E-state index in [9.17, 15) is 0 Å². The molecule has 4 heteroatoms. The highest BCUT2D eigenvalue weighted by molar-refractivity contribution is 5.74. The third-order valence-electron chi connectivity index (χ3n) is 3.39. The number of hydrogen-bond donors (Lipinski definition) is 1. The Hall–Kier alpha value is -1.42. The van der Waals surface area contributed by atoms with Gasteiger partial charge in [0.2, 0.25) is 0 Å². The Morgan fingerprint density at radius 2 is 2.06 bits per heavy atom. The van der Waals surface area contributed by atoms with Gasteiger partial charge in [-0.2, -0.15) is 0 Å². The molecule has 0 radical (unpaired) electrons. The SMILES string of the molecule is CCC(N)(CC)c1nc2cnccc2n1C. The molecule has 0 aliphatic heterocycles. The van der Waals surface area contributed by atoms with Gasteiger partial charge in [0.05, 0.1) is 17.3 Å². The van der Waals surface area contributed by atoms with Gasteiger partial charge in [0.1, 0.15) is 11.3 Å². The molecule has 0 amide bonds. The zero-order valence-corrected chi connectivity index (χ0v) is 10.1. The Balaban J connectivity index is 2.65. The van der Waals surface area contributed by atoms with E-state index in [-0.39, 0.29) is 5.54 Å². The lowest BCUT2D eigenvalue weighted by molar-refractivity contribution is 0.378. The summed E-state index contributed by atoms with van der Waals surface area (Å²) in [5.41, 5.74) is 8.04. The molecular formula is C12H18N4. The molecule has 0 saturated carbocycles. The summed E-state index contributed by atoms with van der Waals surface area (Å²) in [5.74, 6) is 0.945. The number of pyridine rings is 1. The van der Waals surface area contributed by atoms with Gasteiger partial charge in [-0.05, 0) is 18.9 Å². The van der Waals surface area contributed by atoms with Crippen LogP contribution in [0.25, 0.3) is 11.0 Å². The molecule has 86 valence electrons.